The number of anilines is 2. The molecule has 6 rings (SSSR count). The molecule has 2 aromatic rings. The number of hydrogen-bond acceptors (Lipinski definition) is 5. The summed E-state index contributed by atoms with van der Waals surface area (Å²) in [5.41, 5.74) is 0.250. The highest BCUT2D eigenvalue weighted by atomic mass is 19.1. The van der Waals surface area contributed by atoms with Crippen LogP contribution in [0.15, 0.2) is 28.8 Å². The highest BCUT2D eigenvalue weighted by molar-refractivity contribution is 5.83. The van der Waals surface area contributed by atoms with E-state index in [1.807, 2.05) is 18.2 Å². The van der Waals surface area contributed by atoms with E-state index in [-0.39, 0.29) is 16.7 Å². The van der Waals surface area contributed by atoms with Crippen molar-refractivity contribution in [2.75, 3.05) is 17.2 Å². The zero-order valence-corrected chi connectivity index (χ0v) is 16.2. The first-order valence-electron chi connectivity index (χ1n) is 10.3. The monoisotopic (exact) mass is 400 g/mol. The largest absolute Gasteiger partial charge is 0.465 e. The molecule has 0 atom stereocenters. The van der Waals surface area contributed by atoms with Crippen molar-refractivity contribution in [3.63, 3.8) is 0 Å². The van der Waals surface area contributed by atoms with Gasteiger partial charge in [0.05, 0.1) is 0 Å². The number of aromatic nitrogens is 2. The molecule has 7 nitrogen and oxygen atoms in total. The van der Waals surface area contributed by atoms with Gasteiger partial charge in [0.2, 0.25) is 0 Å². The summed E-state index contributed by atoms with van der Waals surface area (Å²) >= 11 is 0. The lowest BCUT2D eigenvalue weighted by molar-refractivity contribution is 0.0445. The van der Waals surface area contributed by atoms with Crippen LogP contribution in [0.1, 0.15) is 63.1 Å². The smallest absolute Gasteiger partial charge is 0.409 e. The Hall–Kier alpha value is -2.64. The van der Waals surface area contributed by atoms with Crippen LogP contribution in [0.2, 0.25) is 0 Å². The van der Waals surface area contributed by atoms with E-state index in [0.29, 0.717) is 24.4 Å². The fraction of sp³-hybridized carbons (Fsp3) is 0.571. The second-order valence-electron chi connectivity index (χ2n) is 9.03. The lowest BCUT2D eigenvalue weighted by Crippen LogP contribution is -2.47. The Morgan fingerprint density at radius 2 is 1.79 bits per heavy atom. The third-order valence-electron chi connectivity index (χ3n) is 7.16. The second kappa shape index (κ2) is 6.43. The van der Waals surface area contributed by atoms with Gasteiger partial charge in [0.15, 0.2) is 11.5 Å². The van der Waals surface area contributed by atoms with Gasteiger partial charge >= 0.3 is 6.09 Å². The van der Waals surface area contributed by atoms with Crippen molar-refractivity contribution in [2.45, 2.75) is 62.5 Å². The van der Waals surface area contributed by atoms with Gasteiger partial charge in [-0.3, -0.25) is 5.32 Å². The van der Waals surface area contributed by atoms with Gasteiger partial charge in [-0.05, 0) is 75.0 Å². The molecular formula is C21H25FN4O3. The topological polar surface area (TPSA) is 100 Å². The quantitative estimate of drug-likeness (QED) is 0.643. The number of carboxylic acid groups (broad SMARTS) is 1. The van der Waals surface area contributed by atoms with Crippen LogP contribution in [-0.2, 0) is 11.1 Å². The van der Waals surface area contributed by atoms with E-state index in [2.05, 4.69) is 20.8 Å². The predicted octanol–water partition coefficient (Wildman–Crippen LogP) is 4.82. The Kier molecular flexibility index (Phi) is 4.08. The van der Waals surface area contributed by atoms with Crippen LogP contribution in [-0.4, -0.2) is 27.9 Å². The van der Waals surface area contributed by atoms with Crippen molar-refractivity contribution < 1.29 is 18.8 Å². The van der Waals surface area contributed by atoms with E-state index in [9.17, 15) is 9.18 Å². The highest BCUT2D eigenvalue weighted by Crippen LogP contribution is 2.58. The second-order valence-corrected chi connectivity index (χ2v) is 9.03. The fourth-order valence-corrected chi connectivity index (χ4v) is 4.93. The number of fused-ring (bicyclic) bond motifs is 3. The summed E-state index contributed by atoms with van der Waals surface area (Å²) in [5.74, 6) is 0.867. The number of amides is 1. The third-order valence-corrected chi connectivity index (χ3v) is 7.16. The molecule has 0 saturated heterocycles. The zero-order valence-electron chi connectivity index (χ0n) is 16.2. The van der Waals surface area contributed by atoms with E-state index in [1.165, 1.54) is 0 Å². The molecule has 4 aliphatic carbocycles. The van der Waals surface area contributed by atoms with Gasteiger partial charge in [-0.15, -0.1) is 0 Å². The number of halogens is 1. The molecule has 0 spiro atoms. The van der Waals surface area contributed by atoms with Crippen LogP contribution in [0.5, 0.6) is 0 Å². The number of nitrogens with zero attached hydrogens (tertiary/aromatic N) is 2. The molecule has 4 aliphatic rings. The minimum absolute atomic E-state index is 0.0694. The van der Waals surface area contributed by atoms with Gasteiger partial charge in [-0.2, -0.15) is 4.98 Å². The molecule has 4 fully saturated rings. The summed E-state index contributed by atoms with van der Waals surface area (Å²) < 4.78 is 19.5. The summed E-state index contributed by atoms with van der Waals surface area (Å²) in [6, 6.07) is 7.33. The first-order chi connectivity index (χ1) is 13.9. The van der Waals surface area contributed by atoms with Crippen molar-refractivity contribution in [1.29, 1.82) is 0 Å². The van der Waals surface area contributed by atoms with Crippen LogP contribution in [0, 0.1) is 5.41 Å². The van der Waals surface area contributed by atoms with Crippen molar-refractivity contribution >= 4 is 17.5 Å². The predicted molar refractivity (Wildman–Crippen MR) is 105 cm³/mol. The Morgan fingerprint density at radius 1 is 1.10 bits per heavy atom. The number of nitrogens with one attached hydrogen (secondary N) is 2. The first kappa shape index (κ1) is 18.4. The average Bonchev–Trinajstić information content (AvgIpc) is 3.27. The number of alkyl halides is 1. The molecule has 3 N–H and O–H groups in total. The maximum Gasteiger partial charge on any atom is 0.409 e. The normalized spacial score (nSPS) is 29.4. The number of benzene rings is 1. The lowest BCUT2D eigenvalue weighted by atomic mass is 9.53. The van der Waals surface area contributed by atoms with Gasteiger partial charge in [0.25, 0.3) is 5.89 Å². The summed E-state index contributed by atoms with van der Waals surface area (Å²) in [6.07, 6.45) is 6.09. The molecule has 4 saturated carbocycles. The van der Waals surface area contributed by atoms with Crippen LogP contribution in [0.4, 0.5) is 20.6 Å². The summed E-state index contributed by atoms with van der Waals surface area (Å²) in [5, 5.41) is 18.9. The third kappa shape index (κ3) is 3.34. The Balaban J connectivity index is 1.23. The van der Waals surface area contributed by atoms with E-state index in [4.69, 9.17) is 9.63 Å². The zero-order chi connectivity index (χ0) is 20.1. The molecule has 1 heterocycles. The lowest BCUT2D eigenvalue weighted by Gasteiger charge is -2.52. The molecular weight excluding hydrogens is 375 g/mol. The maximum atomic E-state index is 14.2. The SMILES string of the molecule is O=C(O)Nc1cccc(NCC23CCC(c4noc(C5(F)CC5)n4)(CC2)CC3)c1. The molecule has 2 bridgehead atoms. The Bertz CT molecular complexity index is 915. The molecule has 1 aromatic carbocycles. The van der Waals surface area contributed by atoms with E-state index in [0.717, 1.165) is 50.8 Å². The average molecular weight is 400 g/mol. The molecule has 0 aliphatic heterocycles. The molecule has 29 heavy (non-hydrogen) atoms. The first-order valence-corrected chi connectivity index (χ1v) is 10.3. The van der Waals surface area contributed by atoms with Gasteiger partial charge in [0, 0.05) is 23.3 Å². The fourth-order valence-electron chi connectivity index (χ4n) is 4.93. The van der Waals surface area contributed by atoms with Crippen LogP contribution >= 0.6 is 0 Å². The van der Waals surface area contributed by atoms with Crippen LogP contribution in [0.3, 0.4) is 0 Å². The van der Waals surface area contributed by atoms with Gasteiger partial charge in [-0.25, -0.2) is 9.18 Å². The Labute approximate surface area is 168 Å². The van der Waals surface area contributed by atoms with Crippen molar-refractivity contribution in [3.05, 3.63) is 36.0 Å². The summed E-state index contributed by atoms with van der Waals surface area (Å²) in [6.45, 7) is 0.852. The minimum atomic E-state index is -1.37. The maximum absolute atomic E-state index is 14.2. The van der Waals surface area contributed by atoms with Gasteiger partial charge < -0.3 is 14.9 Å². The van der Waals surface area contributed by atoms with E-state index in [1.54, 1.807) is 6.07 Å². The molecule has 0 unspecified atom stereocenters. The minimum Gasteiger partial charge on any atom is -0.465 e. The van der Waals surface area contributed by atoms with Gasteiger partial charge in [0.1, 0.15) is 0 Å². The Morgan fingerprint density at radius 3 is 2.45 bits per heavy atom. The standard InChI is InChI=1S/C21H25FN4O3/c22-21(10-11-21)17-25-16(26-29-17)20-7-4-19(5-8-20,6-9-20)13-23-14-2-1-3-15(12-14)24-18(27)28/h1-3,12,23-24H,4-11,13H2,(H,27,28). The number of carbonyl (C=O) groups is 1. The summed E-state index contributed by atoms with van der Waals surface area (Å²) in [4.78, 5) is 15.3. The molecule has 1 amide bonds. The summed E-state index contributed by atoms with van der Waals surface area (Å²) in [7, 11) is 0. The van der Waals surface area contributed by atoms with E-state index < -0.39 is 11.8 Å². The van der Waals surface area contributed by atoms with Crippen molar-refractivity contribution in [1.82, 2.24) is 10.1 Å². The molecule has 1 aromatic heterocycles. The van der Waals surface area contributed by atoms with Crippen LogP contribution in [0.25, 0.3) is 0 Å². The molecule has 8 heteroatoms. The van der Waals surface area contributed by atoms with Crippen LogP contribution < -0.4 is 10.6 Å². The number of rotatable bonds is 6. The molecule has 0 radical (unpaired) electrons. The molecule has 154 valence electrons. The highest BCUT2D eigenvalue weighted by Gasteiger charge is 2.54. The van der Waals surface area contributed by atoms with E-state index >= 15 is 0 Å². The number of hydrogen-bond donors (Lipinski definition) is 3. The van der Waals surface area contributed by atoms with Gasteiger partial charge in [-0.1, -0.05) is 11.2 Å². The van der Waals surface area contributed by atoms with Crippen molar-refractivity contribution in [2.24, 2.45) is 5.41 Å². The van der Waals surface area contributed by atoms with Crippen molar-refractivity contribution in [3.8, 4) is 0 Å².